The van der Waals surface area contributed by atoms with Gasteiger partial charge in [-0.1, -0.05) is 0 Å². The number of nitro benzene ring substituents is 1. The van der Waals surface area contributed by atoms with E-state index in [-0.39, 0.29) is 17.3 Å². The Morgan fingerprint density at radius 2 is 2.20 bits per heavy atom. The van der Waals surface area contributed by atoms with E-state index in [9.17, 15) is 14.9 Å². The van der Waals surface area contributed by atoms with Gasteiger partial charge in [0.2, 0.25) is 0 Å². The molecular weight excluding hydrogens is 348 g/mol. The second-order valence-corrected chi connectivity index (χ2v) is 6.03. The molecule has 1 aromatic heterocycles. The average molecular weight is 357 g/mol. The predicted octanol–water partition coefficient (Wildman–Crippen LogP) is 3.68. The Hall–Kier alpha value is -1.93. The van der Waals surface area contributed by atoms with Gasteiger partial charge in [-0.2, -0.15) is 0 Å². The minimum Gasteiger partial charge on any atom is -0.490 e. The van der Waals surface area contributed by atoms with Crippen LogP contribution < -0.4 is 10.1 Å². The fourth-order valence-corrected chi connectivity index (χ4v) is 2.68. The van der Waals surface area contributed by atoms with Crippen molar-refractivity contribution in [2.75, 3.05) is 12.4 Å². The average Bonchev–Trinajstić information content (AvgIpc) is 2.85. The summed E-state index contributed by atoms with van der Waals surface area (Å²) in [4.78, 5) is 22.3. The Morgan fingerprint density at radius 3 is 2.75 bits per heavy atom. The van der Waals surface area contributed by atoms with Crippen molar-refractivity contribution in [3.05, 3.63) is 49.1 Å². The van der Waals surface area contributed by atoms with Crippen LogP contribution in [-0.4, -0.2) is 17.9 Å². The number of rotatable bonds is 4. The summed E-state index contributed by atoms with van der Waals surface area (Å²) in [5, 5.41) is 15.2. The lowest BCUT2D eigenvalue weighted by Crippen LogP contribution is -2.11. The van der Waals surface area contributed by atoms with Crippen molar-refractivity contribution < 1.29 is 14.5 Å². The summed E-state index contributed by atoms with van der Waals surface area (Å²) in [7, 11) is 1.35. The molecular formula is C12H9BrN2O4S. The van der Waals surface area contributed by atoms with Gasteiger partial charge < -0.3 is 10.1 Å². The fraction of sp³-hybridized carbons (Fsp3) is 0.0833. The van der Waals surface area contributed by atoms with Crippen molar-refractivity contribution in [2.24, 2.45) is 0 Å². The molecule has 1 amide bonds. The summed E-state index contributed by atoms with van der Waals surface area (Å²) < 4.78 is 5.73. The molecule has 2 rings (SSSR count). The lowest BCUT2D eigenvalue weighted by molar-refractivity contribution is -0.385. The first-order valence-corrected chi connectivity index (χ1v) is 7.06. The van der Waals surface area contributed by atoms with Crippen molar-refractivity contribution in [1.29, 1.82) is 0 Å². The van der Waals surface area contributed by atoms with Crippen LogP contribution in [0.15, 0.2) is 33.4 Å². The third kappa shape index (κ3) is 3.14. The SMILES string of the molecule is COc1ccc(NC(=O)c2csc(Br)c2)cc1[N+](=O)[O-]. The summed E-state index contributed by atoms with van der Waals surface area (Å²) in [5.74, 6) is -0.183. The Labute approximate surface area is 126 Å². The van der Waals surface area contributed by atoms with Gasteiger partial charge in [-0.25, -0.2) is 0 Å². The molecule has 0 bridgehead atoms. The molecule has 0 atom stereocenters. The quantitative estimate of drug-likeness (QED) is 0.669. The number of carbonyl (C=O) groups excluding carboxylic acids is 1. The van der Waals surface area contributed by atoms with Crippen molar-refractivity contribution >= 4 is 44.5 Å². The van der Waals surface area contributed by atoms with E-state index in [0.29, 0.717) is 11.3 Å². The van der Waals surface area contributed by atoms with Crippen LogP contribution in [0.4, 0.5) is 11.4 Å². The van der Waals surface area contributed by atoms with E-state index in [2.05, 4.69) is 21.2 Å². The minimum atomic E-state index is -0.560. The molecule has 0 fully saturated rings. The number of nitrogens with zero attached hydrogens (tertiary/aromatic N) is 1. The maximum atomic E-state index is 11.9. The molecule has 1 N–H and O–H groups in total. The molecule has 0 spiro atoms. The number of hydrogen-bond donors (Lipinski definition) is 1. The molecule has 0 saturated carbocycles. The van der Waals surface area contributed by atoms with Crippen LogP contribution in [0.2, 0.25) is 0 Å². The molecule has 0 aliphatic heterocycles. The van der Waals surface area contributed by atoms with E-state index in [1.54, 1.807) is 17.5 Å². The maximum Gasteiger partial charge on any atom is 0.312 e. The van der Waals surface area contributed by atoms with Crippen molar-refractivity contribution in [3.63, 3.8) is 0 Å². The van der Waals surface area contributed by atoms with Crippen LogP contribution in [0.1, 0.15) is 10.4 Å². The topological polar surface area (TPSA) is 81.5 Å². The Bertz CT molecular complexity index is 671. The second-order valence-electron chi connectivity index (χ2n) is 3.74. The standard InChI is InChI=1S/C12H9BrN2O4S/c1-19-10-3-2-8(5-9(10)15(17)18)14-12(16)7-4-11(13)20-6-7/h2-6H,1H3,(H,14,16). The zero-order valence-corrected chi connectivity index (χ0v) is 12.7. The van der Waals surface area contributed by atoms with Crippen molar-refractivity contribution in [3.8, 4) is 5.75 Å². The first kappa shape index (κ1) is 14.5. The summed E-state index contributed by atoms with van der Waals surface area (Å²) in [6.07, 6.45) is 0. The normalized spacial score (nSPS) is 10.1. The van der Waals surface area contributed by atoms with Gasteiger partial charge in [-0.15, -0.1) is 11.3 Å². The third-order valence-electron chi connectivity index (χ3n) is 2.46. The van der Waals surface area contributed by atoms with Crippen LogP contribution in [0.5, 0.6) is 5.75 Å². The zero-order chi connectivity index (χ0) is 14.7. The van der Waals surface area contributed by atoms with Gasteiger partial charge in [-0.05, 0) is 34.1 Å². The first-order chi connectivity index (χ1) is 9.51. The molecule has 0 saturated heterocycles. The third-order valence-corrected chi connectivity index (χ3v) is 3.97. The van der Waals surface area contributed by atoms with Crippen LogP contribution in [0, 0.1) is 10.1 Å². The second kappa shape index (κ2) is 6.02. The van der Waals surface area contributed by atoms with Crippen LogP contribution >= 0.6 is 27.3 Å². The molecule has 20 heavy (non-hydrogen) atoms. The van der Waals surface area contributed by atoms with Gasteiger partial charge in [0.05, 0.1) is 21.4 Å². The number of ether oxygens (including phenoxy) is 1. The molecule has 8 heteroatoms. The number of anilines is 1. The van der Waals surface area contributed by atoms with Crippen molar-refractivity contribution in [2.45, 2.75) is 0 Å². The number of nitro groups is 1. The van der Waals surface area contributed by atoms with E-state index < -0.39 is 4.92 Å². The minimum absolute atomic E-state index is 0.145. The highest BCUT2D eigenvalue weighted by Crippen LogP contribution is 2.30. The summed E-state index contributed by atoms with van der Waals surface area (Å²) in [6, 6.07) is 5.93. The Kier molecular flexibility index (Phi) is 4.35. The lowest BCUT2D eigenvalue weighted by atomic mass is 10.2. The highest BCUT2D eigenvalue weighted by Gasteiger charge is 2.16. The zero-order valence-electron chi connectivity index (χ0n) is 10.3. The number of methoxy groups -OCH3 is 1. The monoisotopic (exact) mass is 356 g/mol. The van der Waals surface area contributed by atoms with Gasteiger partial charge in [-0.3, -0.25) is 14.9 Å². The number of thiophene rings is 1. The first-order valence-electron chi connectivity index (χ1n) is 5.39. The number of hydrogen-bond acceptors (Lipinski definition) is 5. The highest BCUT2D eigenvalue weighted by atomic mass is 79.9. The van der Waals surface area contributed by atoms with Gasteiger partial charge in [0.1, 0.15) is 0 Å². The Morgan fingerprint density at radius 1 is 1.45 bits per heavy atom. The molecule has 0 aliphatic rings. The smallest absolute Gasteiger partial charge is 0.312 e. The molecule has 0 aliphatic carbocycles. The number of benzene rings is 1. The van der Waals surface area contributed by atoms with Crippen LogP contribution in [-0.2, 0) is 0 Å². The van der Waals surface area contributed by atoms with Crippen molar-refractivity contribution in [1.82, 2.24) is 0 Å². The van der Waals surface area contributed by atoms with Crippen LogP contribution in [0.25, 0.3) is 0 Å². The largest absolute Gasteiger partial charge is 0.490 e. The van der Waals surface area contributed by atoms with Gasteiger partial charge >= 0.3 is 5.69 Å². The van der Waals surface area contributed by atoms with Crippen LogP contribution in [0.3, 0.4) is 0 Å². The van der Waals surface area contributed by atoms with E-state index in [0.717, 1.165) is 3.79 Å². The highest BCUT2D eigenvalue weighted by molar-refractivity contribution is 9.11. The predicted molar refractivity (Wildman–Crippen MR) is 79.6 cm³/mol. The van der Waals surface area contributed by atoms with Gasteiger partial charge in [0.25, 0.3) is 5.91 Å². The molecule has 6 nitrogen and oxygen atoms in total. The number of nitrogens with one attached hydrogen (secondary N) is 1. The Balaban J connectivity index is 2.23. The summed E-state index contributed by atoms with van der Waals surface area (Å²) >= 11 is 4.65. The van der Waals surface area contributed by atoms with E-state index in [4.69, 9.17) is 4.74 Å². The number of halogens is 1. The molecule has 1 aromatic carbocycles. The molecule has 0 radical (unpaired) electrons. The molecule has 1 heterocycles. The maximum absolute atomic E-state index is 11.9. The fourth-order valence-electron chi connectivity index (χ4n) is 1.54. The molecule has 104 valence electrons. The van der Waals surface area contributed by atoms with E-state index in [1.165, 1.54) is 30.6 Å². The summed E-state index contributed by atoms with van der Waals surface area (Å²) in [6.45, 7) is 0. The molecule has 0 unspecified atom stereocenters. The molecule has 2 aromatic rings. The number of amides is 1. The summed E-state index contributed by atoms with van der Waals surface area (Å²) in [5.41, 5.74) is 0.627. The van der Waals surface area contributed by atoms with E-state index >= 15 is 0 Å². The van der Waals surface area contributed by atoms with Gasteiger partial charge in [0, 0.05) is 17.1 Å². The number of carbonyl (C=O) groups is 1. The lowest BCUT2D eigenvalue weighted by Gasteiger charge is -2.06. The van der Waals surface area contributed by atoms with Gasteiger partial charge in [0.15, 0.2) is 5.75 Å². The van der Waals surface area contributed by atoms with E-state index in [1.807, 2.05) is 0 Å².